The zero-order valence-electron chi connectivity index (χ0n) is 23.1. The number of carbonyl (C=O) groups excluding carboxylic acids is 2. The number of esters is 1. The maximum Gasteiger partial charge on any atom is 0.302 e. The average Bonchev–Trinajstić information content (AvgIpc) is 2.62. The molecule has 0 aliphatic carbocycles. The molecule has 0 aromatic heterocycles. The van der Waals surface area contributed by atoms with Crippen LogP contribution in [0.15, 0.2) is 0 Å². The van der Waals surface area contributed by atoms with Gasteiger partial charge in [-0.3, -0.25) is 14.5 Å². The molecule has 0 aromatic carbocycles. The van der Waals surface area contributed by atoms with E-state index in [-0.39, 0.29) is 25.1 Å². The van der Waals surface area contributed by atoms with E-state index in [0.29, 0.717) is 26.2 Å². The summed E-state index contributed by atoms with van der Waals surface area (Å²) in [6, 6.07) is 0. The summed E-state index contributed by atoms with van der Waals surface area (Å²) < 4.78 is 4.72. The van der Waals surface area contributed by atoms with Crippen molar-refractivity contribution in [1.29, 1.82) is 0 Å². The van der Waals surface area contributed by atoms with Gasteiger partial charge in [0.25, 0.3) is 0 Å². The van der Waals surface area contributed by atoms with E-state index in [4.69, 9.17) is 14.9 Å². The van der Waals surface area contributed by atoms with Crippen LogP contribution < -0.4 is 5.32 Å². The van der Waals surface area contributed by atoms with Crippen LogP contribution in [0.5, 0.6) is 0 Å². The lowest BCUT2D eigenvalue weighted by Gasteiger charge is -2.19. The largest absolute Gasteiger partial charge is 0.465 e. The van der Waals surface area contributed by atoms with Gasteiger partial charge in [0.15, 0.2) is 0 Å². The Morgan fingerprint density at radius 1 is 0.750 bits per heavy atom. The summed E-state index contributed by atoms with van der Waals surface area (Å²) in [5.41, 5.74) is 0. The van der Waals surface area contributed by atoms with Crippen molar-refractivity contribution in [1.82, 2.24) is 24.9 Å². The summed E-state index contributed by atoms with van der Waals surface area (Å²) in [7, 11) is 15.9. The van der Waals surface area contributed by atoms with Gasteiger partial charge < -0.3 is 35.0 Å². The van der Waals surface area contributed by atoms with Crippen LogP contribution in [0.25, 0.3) is 0 Å². The minimum atomic E-state index is -0.312. The molecule has 10 heteroatoms. The molecule has 0 aliphatic heterocycles. The highest BCUT2D eigenvalue weighted by atomic mass is 16.5. The van der Waals surface area contributed by atoms with Gasteiger partial charge in [-0.05, 0) is 56.4 Å². The highest BCUT2D eigenvalue weighted by molar-refractivity contribution is 5.72. The number of hydrogen-bond acceptors (Lipinski definition) is 9. The van der Waals surface area contributed by atoms with Crippen LogP contribution in [0.3, 0.4) is 0 Å². The molecule has 0 spiro atoms. The first kappa shape index (κ1) is 41.0. The van der Waals surface area contributed by atoms with Crippen molar-refractivity contribution in [2.75, 3.05) is 109 Å². The molecule has 198 valence electrons. The Bertz CT molecular complexity index is 353. The number of aliphatic hydroxyl groups excluding tert-OH is 2. The van der Waals surface area contributed by atoms with Gasteiger partial charge in [0, 0.05) is 46.6 Å². The van der Waals surface area contributed by atoms with Gasteiger partial charge in [0.2, 0.25) is 5.91 Å². The topological polar surface area (TPSA) is 109 Å². The van der Waals surface area contributed by atoms with E-state index < -0.39 is 0 Å². The predicted molar refractivity (Wildman–Crippen MR) is 135 cm³/mol. The smallest absolute Gasteiger partial charge is 0.302 e. The molecule has 0 unspecified atom stereocenters. The zero-order valence-corrected chi connectivity index (χ0v) is 23.1. The number of hydrogen-bond donors (Lipinski definition) is 3. The maximum absolute atomic E-state index is 10.4. The SMILES string of the molecule is CC.CC(=O)NCCN(C)C.CC(=O)OCCN(CCO)CCO.CN(C)C.CN(C)C. The second-order valence-electron chi connectivity index (χ2n) is 7.60. The first-order valence-corrected chi connectivity index (χ1v) is 11.0. The molecule has 0 atom stereocenters. The summed E-state index contributed by atoms with van der Waals surface area (Å²) in [4.78, 5) is 28.5. The minimum absolute atomic E-state index is 0.0388. The number of nitrogens with zero attached hydrogens (tertiary/aromatic N) is 4. The fourth-order valence-electron chi connectivity index (χ4n) is 1.39. The fraction of sp³-hybridized carbons (Fsp3) is 0.909. The lowest BCUT2D eigenvalue weighted by molar-refractivity contribution is -0.141. The van der Waals surface area contributed by atoms with E-state index in [9.17, 15) is 9.59 Å². The highest BCUT2D eigenvalue weighted by Crippen LogP contribution is 1.87. The van der Waals surface area contributed by atoms with Crippen molar-refractivity contribution in [2.24, 2.45) is 0 Å². The molecular weight excluding hydrogens is 414 g/mol. The third-order valence-electron chi connectivity index (χ3n) is 2.48. The van der Waals surface area contributed by atoms with Crippen LogP contribution in [-0.2, 0) is 14.3 Å². The molecule has 0 bridgehead atoms. The molecule has 3 N–H and O–H groups in total. The Morgan fingerprint density at radius 2 is 1.12 bits per heavy atom. The van der Waals surface area contributed by atoms with Crippen molar-refractivity contribution in [3.63, 3.8) is 0 Å². The summed E-state index contributed by atoms with van der Waals surface area (Å²) in [6.07, 6.45) is 0. The van der Waals surface area contributed by atoms with Crippen molar-refractivity contribution in [3.8, 4) is 0 Å². The van der Waals surface area contributed by atoms with E-state index in [1.54, 1.807) is 0 Å². The molecule has 0 saturated heterocycles. The quantitative estimate of drug-likeness (QED) is 0.378. The van der Waals surface area contributed by atoms with Gasteiger partial charge >= 0.3 is 5.97 Å². The second kappa shape index (κ2) is 34.3. The van der Waals surface area contributed by atoms with E-state index >= 15 is 0 Å². The van der Waals surface area contributed by atoms with E-state index in [1.165, 1.54) is 13.8 Å². The molecular formula is C22H55N5O5. The van der Waals surface area contributed by atoms with Gasteiger partial charge in [-0.25, -0.2) is 0 Å². The summed E-state index contributed by atoms with van der Waals surface area (Å²) >= 11 is 0. The van der Waals surface area contributed by atoms with Crippen molar-refractivity contribution in [3.05, 3.63) is 0 Å². The van der Waals surface area contributed by atoms with E-state index in [1.807, 2.05) is 89.8 Å². The molecule has 0 rings (SSSR count). The van der Waals surface area contributed by atoms with Gasteiger partial charge in [-0.1, -0.05) is 13.8 Å². The van der Waals surface area contributed by atoms with Crippen molar-refractivity contribution < 1.29 is 24.5 Å². The molecule has 0 saturated carbocycles. The number of rotatable bonds is 10. The van der Waals surface area contributed by atoms with E-state index in [2.05, 4.69) is 5.32 Å². The average molecular weight is 470 g/mol. The Hall–Kier alpha value is -1.30. The molecule has 1 amide bonds. The summed E-state index contributed by atoms with van der Waals surface area (Å²) in [5, 5.41) is 20.0. The van der Waals surface area contributed by atoms with E-state index in [0.717, 1.165) is 13.1 Å². The molecule has 0 heterocycles. The van der Waals surface area contributed by atoms with Crippen LogP contribution in [0, 0.1) is 0 Å². The number of carbonyl (C=O) groups is 2. The van der Waals surface area contributed by atoms with Crippen molar-refractivity contribution in [2.45, 2.75) is 27.7 Å². The lowest BCUT2D eigenvalue weighted by Crippen LogP contribution is -2.33. The molecule has 32 heavy (non-hydrogen) atoms. The standard InChI is InChI=1S/C8H17NO4.C6H14N2O.2C3H9N.C2H6/c1-8(12)13-7-4-9(2-5-10)3-6-11;1-6(9)7-4-5-8(2)3;2*1-4(2)3;1-2/h10-11H,2-7H2,1H3;4-5H2,1-3H3,(H,7,9);2*1-3H3;1-2H3. The van der Waals surface area contributed by atoms with Gasteiger partial charge in [-0.2, -0.15) is 0 Å². The fourth-order valence-corrected chi connectivity index (χ4v) is 1.39. The number of likely N-dealkylation sites (N-methyl/N-ethyl adjacent to an activating group) is 1. The first-order chi connectivity index (χ1) is 14.8. The Kier molecular flexibility index (Phi) is 44.0. The van der Waals surface area contributed by atoms with Gasteiger partial charge in [-0.15, -0.1) is 0 Å². The van der Waals surface area contributed by atoms with Crippen LogP contribution >= 0.6 is 0 Å². The Morgan fingerprint density at radius 3 is 1.38 bits per heavy atom. The van der Waals surface area contributed by atoms with Gasteiger partial charge in [0.05, 0.1) is 13.2 Å². The number of nitrogens with one attached hydrogen (secondary N) is 1. The van der Waals surface area contributed by atoms with Gasteiger partial charge in [0.1, 0.15) is 6.61 Å². The summed E-state index contributed by atoms with van der Waals surface area (Å²) in [5.74, 6) is -0.273. The van der Waals surface area contributed by atoms with Crippen LogP contribution in [0.1, 0.15) is 27.7 Å². The second-order valence-corrected chi connectivity index (χ2v) is 7.60. The van der Waals surface area contributed by atoms with Crippen LogP contribution in [0.4, 0.5) is 0 Å². The molecule has 10 nitrogen and oxygen atoms in total. The molecule has 0 fully saturated rings. The number of ether oxygens (including phenoxy) is 1. The predicted octanol–water partition coefficient (Wildman–Crippen LogP) is -0.0980. The molecule has 0 aliphatic rings. The Balaban J connectivity index is -0.000000110. The Labute approximate surface area is 198 Å². The maximum atomic E-state index is 10.4. The summed E-state index contributed by atoms with van der Waals surface area (Å²) in [6.45, 7) is 10.4. The van der Waals surface area contributed by atoms with Crippen molar-refractivity contribution >= 4 is 11.9 Å². The zero-order chi connectivity index (χ0) is 26.5. The lowest BCUT2D eigenvalue weighted by atomic mass is 10.4. The number of amides is 1. The van der Waals surface area contributed by atoms with Crippen LogP contribution in [-0.4, -0.2) is 151 Å². The number of aliphatic hydroxyl groups is 2. The molecule has 0 radical (unpaired) electrons. The third-order valence-corrected chi connectivity index (χ3v) is 2.48. The first-order valence-electron chi connectivity index (χ1n) is 11.0. The normalized spacial score (nSPS) is 9.44. The third kappa shape index (κ3) is 79.0. The minimum Gasteiger partial charge on any atom is -0.465 e. The monoisotopic (exact) mass is 469 g/mol. The molecule has 0 aromatic rings. The highest BCUT2D eigenvalue weighted by Gasteiger charge is 2.03. The van der Waals surface area contributed by atoms with Crippen LogP contribution in [0.2, 0.25) is 0 Å².